The van der Waals surface area contributed by atoms with Crippen molar-refractivity contribution in [1.29, 1.82) is 0 Å². The monoisotopic (exact) mass is 487 g/mol. The highest BCUT2D eigenvalue weighted by Crippen LogP contribution is 2.31. The van der Waals surface area contributed by atoms with Crippen molar-refractivity contribution in [1.82, 2.24) is 4.98 Å². The smallest absolute Gasteiger partial charge is 0.217 e. The highest BCUT2D eigenvalue weighted by molar-refractivity contribution is 5.59. The van der Waals surface area contributed by atoms with Gasteiger partial charge in [0.25, 0.3) is 0 Å². The molecule has 0 N–H and O–H groups in total. The number of methoxy groups -OCH3 is 1. The molecule has 36 heavy (non-hydrogen) atoms. The van der Waals surface area contributed by atoms with Crippen molar-refractivity contribution >= 4 is 11.5 Å². The van der Waals surface area contributed by atoms with Gasteiger partial charge >= 0.3 is 0 Å². The number of nitrogens with zero attached hydrogens (tertiary/aromatic N) is 3. The molecule has 1 aromatic heterocycles. The van der Waals surface area contributed by atoms with Crippen LogP contribution in [-0.4, -0.2) is 51.0 Å². The predicted molar refractivity (Wildman–Crippen MR) is 144 cm³/mol. The molecule has 3 aromatic rings. The summed E-state index contributed by atoms with van der Waals surface area (Å²) >= 11 is 0. The third-order valence-corrected chi connectivity index (χ3v) is 7.18. The Hall–Kier alpha value is -3.25. The maximum absolute atomic E-state index is 6.28. The summed E-state index contributed by atoms with van der Waals surface area (Å²) < 4.78 is 17.2. The van der Waals surface area contributed by atoms with E-state index in [1.165, 1.54) is 31.2 Å². The zero-order chi connectivity index (χ0) is 24.6. The molecule has 2 fully saturated rings. The second-order valence-corrected chi connectivity index (χ2v) is 9.64. The molecular formula is C30H37N3O3. The van der Waals surface area contributed by atoms with Crippen LogP contribution < -0.4 is 19.3 Å². The van der Waals surface area contributed by atoms with E-state index in [1.807, 2.05) is 24.3 Å². The van der Waals surface area contributed by atoms with Crippen molar-refractivity contribution in [2.45, 2.75) is 44.8 Å². The quantitative estimate of drug-likeness (QED) is 0.418. The summed E-state index contributed by atoms with van der Waals surface area (Å²) in [6.07, 6.45) is 5.94. The Morgan fingerprint density at radius 2 is 1.69 bits per heavy atom. The molecule has 1 atom stereocenters. The molecule has 0 spiro atoms. The molecule has 0 radical (unpaired) electrons. The fourth-order valence-corrected chi connectivity index (χ4v) is 5.16. The first kappa shape index (κ1) is 24.4. The van der Waals surface area contributed by atoms with Gasteiger partial charge in [0.05, 0.1) is 20.3 Å². The molecule has 0 bridgehead atoms. The van der Waals surface area contributed by atoms with Crippen molar-refractivity contribution in [2.75, 3.05) is 49.8 Å². The molecule has 3 heterocycles. The average Bonchev–Trinajstić information content (AvgIpc) is 3.18. The van der Waals surface area contributed by atoms with Crippen LogP contribution in [0, 0.1) is 0 Å². The first-order chi connectivity index (χ1) is 17.8. The van der Waals surface area contributed by atoms with E-state index in [-0.39, 0.29) is 0 Å². The van der Waals surface area contributed by atoms with Crippen LogP contribution in [0.4, 0.5) is 11.5 Å². The largest absolute Gasteiger partial charge is 0.497 e. The Morgan fingerprint density at radius 1 is 0.889 bits per heavy atom. The van der Waals surface area contributed by atoms with Crippen molar-refractivity contribution in [3.63, 3.8) is 0 Å². The maximum atomic E-state index is 6.28. The second-order valence-electron chi connectivity index (χ2n) is 9.64. The predicted octanol–water partition coefficient (Wildman–Crippen LogP) is 5.50. The van der Waals surface area contributed by atoms with Gasteiger partial charge in [0, 0.05) is 43.5 Å². The number of aromatic nitrogens is 1. The summed E-state index contributed by atoms with van der Waals surface area (Å²) in [5.41, 5.74) is 3.64. The molecule has 2 aromatic carbocycles. The Kier molecular flexibility index (Phi) is 8.24. The zero-order valence-corrected chi connectivity index (χ0v) is 21.3. The molecule has 5 rings (SSSR count). The molecule has 1 unspecified atom stereocenters. The fraction of sp³-hybridized carbons (Fsp3) is 0.433. The Balaban J connectivity index is 1.42. The Labute approximate surface area is 214 Å². The lowest BCUT2D eigenvalue weighted by molar-refractivity contribution is 0.122. The Morgan fingerprint density at radius 3 is 2.47 bits per heavy atom. The molecule has 0 aliphatic carbocycles. The lowest BCUT2D eigenvalue weighted by atomic mass is 10.0. The first-order valence-electron chi connectivity index (χ1n) is 13.2. The molecule has 2 aliphatic heterocycles. The second kappa shape index (κ2) is 12.1. The molecule has 6 nitrogen and oxygen atoms in total. The molecule has 0 amide bonds. The summed E-state index contributed by atoms with van der Waals surface area (Å²) in [5, 5.41) is 0. The van der Waals surface area contributed by atoms with E-state index in [4.69, 9.17) is 19.2 Å². The van der Waals surface area contributed by atoms with Gasteiger partial charge in [0.2, 0.25) is 5.88 Å². The molecular weight excluding hydrogens is 450 g/mol. The summed E-state index contributed by atoms with van der Waals surface area (Å²) in [6, 6.07) is 23.6. The molecule has 190 valence electrons. The lowest BCUT2D eigenvalue weighted by Crippen LogP contribution is -2.38. The molecule has 6 heteroatoms. The van der Waals surface area contributed by atoms with E-state index in [0.29, 0.717) is 18.5 Å². The van der Waals surface area contributed by atoms with Gasteiger partial charge in [-0.2, -0.15) is 4.98 Å². The third-order valence-electron chi connectivity index (χ3n) is 7.18. The van der Waals surface area contributed by atoms with Gasteiger partial charge in [-0.25, -0.2) is 0 Å². The van der Waals surface area contributed by atoms with E-state index in [9.17, 15) is 0 Å². The summed E-state index contributed by atoms with van der Waals surface area (Å²) in [7, 11) is 1.68. The van der Waals surface area contributed by atoms with Gasteiger partial charge in [-0.3, -0.25) is 0 Å². The van der Waals surface area contributed by atoms with Gasteiger partial charge in [-0.15, -0.1) is 0 Å². The molecule has 2 saturated heterocycles. The summed E-state index contributed by atoms with van der Waals surface area (Å²) in [4.78, 5) is 9.98. The molecule has 2 aliphatic rings. The highest BCUT2D eigenvalue weighted by atomic mass is 16.5. The fourth-order valence-electron chi connectivity index (χ4n) is 5.16. The average molecular weight is 488 g/mol. The minimum atomic E-state index is 0.428. The van der Waals surface area contributed by atoms with Crippen molar-refractivity contribution in [2.24, 2.45) is 0 Å². The van der Waals surface area contributed by atoms with Gasteiger partial charge < -0.3 is 24.0 Å². The first-order valence-corrected chi connectivity index (χ1v) is 13.2. The van der Waals surface area contributed by atoms with Crippen LogP contribution in [0.2, 0.25) is 0 Å². The van der Waals surface area contributed by atoms with E-state index >= 15 is 0 Å². The number of benzene rings is 2. The summed E-state index contributed by atoms with van der Waals surface area (Å²) in [5.74, 6) is 2.54. The van der Waals surface area contributed by atoms with Crippen LogP contribution in [0.3, 0.4) is 0 Å². The van der Waals surface area contributed by atoms with Crippen LogP contribution in [-0.2, 0) is 17.8 Å². The zero-order valence-electron chi connectivity index (χ0n) is 21.3. The number of hydrogen-bond acceptors (Lipinski definition) is 6. The lowest BCUT2D eigenvalue weighted by Gasteiger charge is -2.34. The van der Waals surface area contributed by atoms with Crippen LogP contribution in [0.1, 0.15) is 36.8 Å². The number of pyridine rings is 1. The number of rotatable bonds is 8. The maximum Gasteiger partial charge on any atom is 0.217 e. The van der Waals surface area contributed by atoms with Gasteiger partial charge in [-0.1, -0.05) is 55.3 Å². The molecule has 0 saturated carbocycles. The standard InChI is InChI=1S/C30H37N3O3/c1-34-28-13-11-25(12-14-28)23-36-30-22-27(32-16-18-35-19-17-32)21-29(31-30)33-15-7-3-6-10-26(33)20-24-8-4-2-5-9-24/h2,4-5,8-9,11-14,21-22,26H,3,6-7,10,15-20,23H2,1H3. The number of morpholine rings is 1. The topological polar surface area (TPSA) is 47.1 Å². The van der Waals surface area contributed by atoms with Crippen LogP contribution in [0.15, 0.2) is 66.7 Å². The van der Waals surface area contributed by atoms with Gasteiger partial charge in [0.1, 0.15) is 18.2 Å². The van der Waals surface area contributed by atoms with Crippen molar-refractivity contribution in [3.8, 4) is 11.6 Å². The normalized spacial score (nSPS) is 18.5. The minimum absolute atomic E-state index is 0.428. The van der Waals surface area contributed by atoms with E-state index in [1.54, 1.807) is 7.11 Å². The number of hydrogen-bond donors (Lipinski definition) is 0. The highest BCUT2D eigenvalue weighted by Gasteiger charge is 2.25. The van der Waals surface area contributed by atoms with Crippen molar-refractivity contribution < 1.29 is 14.2 Å². The van der Waals surface area contributed by atoms with Gasteiger partial charge in [0.15, 0.2) is 0 Å². The Bertz CT molecular complexity index is 1080. The van der Waals surface area contributed by atoms with Crippen molar-refractivity contribution in [3.05, 3.63) is 77.9 Å². The van der Waals surface area contributed by atoms with E-state index in [0.717, 1.165) is 62.1 Å². The number of anilines is 2. The SMILES string of the molecule is COc1ccc(COc2cc(N3CCOCC3)cc(N3CCCCCC3Cc3ccccc3)n2)cc1. The minimum Gasteiger partial charge on any atom is -0.497 e. The van der Waals surface area contributed by atoms with E-state index in [2.05, 4.69) is 52.3 Å². The van der Waals surface area contributed by atoms with Crippen LogP contribution >= 0.6 is 0 Å². The van der Waals surface area contributed by atoms with E-state index < -0.39 is 0 Å². The van der Waals surface area contributed by atoms with Crippen LogP contribution in [0.5, 0.6) is 11.6 Å². The number of ether oxygens (including phenoxy) is 3. The summed E-state index contributed by atoms with van der Waals surface area (Å²) in [6.45, 7) is 4.76. The van der Waals surface area contributed by atoms with Crippen LogP contribution in [0.25, 0.3) is 0 Å². The van der Waals surface area contributed by atoms with Gasteiger partial charge in [-0.05, 0) is 42.5 Å². The third kappa shape index (κ3) is 6.30.